The lowest BCUT2D eigenvalue weighted by Crippen LogP contribution is -2.19. The highest BCUT2D eigenvalue weighted by atomic mass is 35.5. The normalized spacial score (nSPS) is 10.2. The van der Waals surface area contributed by atoms with Crippen LogP contribution < -0.4 is 15.4 Å². The predicted octanol–water partition coefficient (Wildman–Crippen LogP) is 4.71. The molecule has 3 aromatic rings. The van der Waals surface area contributed by atoms with Gasteiger partial charge in [-0.05, 0) is 54.0 Å². The van der Waals surface area contributed by atoms with Crippen LogP contribution in [-0.2, 0) is 0 Å². The van der Waals surface area contributed by atoms with Crippen molar-refractivity contribution in [3.63, 3.8) is 0 Å². The first-order chi connectivity index (χ1) is 12.5. The standard InChI is InChI=1S/C16H10Cl2N4O3S/c17-9-5-10(18)7-12(6-9)20-16(24)19-11-1-3-13(4-2-11)25-15(23)14-8-26-22-21-14/h1-8H,(H2,19,20,24). The molecule has 0 unspecified atom stereocenters. The highest BCUT2D eigenvalue weighted by molar-refractivity contribution is 7.03. The largest absolute Gasteiger partial charge is 0.422 e. The summed E-state index contributed by atoms with van der Waals surface area (Å²) in [6, 6.07) is 10.5. The first kappa shape index (κ1) is 18.1. The van der Waals surface area contributed by atoms with Crippen molar-refractivity contribution in [2.24, 2.45) is 0 Å². The Morgan fingerprint density at radius 1 is 0.962 bits per heavy atom. The number of esters is 1. The first-order valence-electron chi connectivity index (χ1n) is 7.13. The van der Waals surface area contributed by atoms with Crippen LogP contribution in [0.25, 0.3) is 0 Å². The summed E-state index contributed by atoms with van der Waals surface area (Å²) in [5.41, 5.74) is 1.10. The van der Waals surface area contributed by atoms with Crippen molar-refractivity contribution in [2.75, 3.05) is 10.6 Å². The fourth-order valence-corrected chi connectivity index (χ4v) is 2.89. The van der Waals surface area contributed by atoms with Crippen molar-refractivity contribution < 1.29 is 14.3 Å². The minimum atomic E-state index is -0.602. The fraction of sp³-hybridized carbons (Fsp3) is 0. The van der Waals surface area contributed by atoms with Gasteiger partial charge in [0.1, 0.15) is 5.75 Å². The maximum Gasteiger partial charge on any atom is 0.365 e. The third-order valence-corrected chi connectivity index (χ3v) is 3.95. The molecule has 2 amide bonds. The van der Waals surface area contributed by atoms with Crippen LogP contribution in [-0.4, -0.2) is 21.6 Å². The van der Waals surface area contributed by atoms with Crippen molar-refractivity contribution in [2.45, 2.75) is 0 Å². The summed E-state index contributed by atoms with van der Waals surface area (Å²) >= 11 is 12.8. The van der Waals surface area contributed by atoms with Crippen molar-refractivity contribution in [1.82, 2.24) is 9.59 Å². The summed E-state index contributed by atoms with van der Waals surface area (Å²) in [5, 5.41) is 11.2. The molecule has 0 aliphatic rings. The molecule has 0 saturated heterocycles. The molecule has 3 rings (SSSR count). The Morgan fingerprint density at radius 3 is 2.23 bits per heavy atom. The van der Waals surface area contributed by atoms with E-state index in [4.69, 9.17) is 27.9 Å². The van der Waals surface area contributed by atoms with E-state index in [-0.39, 0.29) is 5.69 Å². The second kappa shape index (κ2) is 8.13. The van der Waals surface area contributed by atoms with Crippen molar-refractivity contribution >= 4 is 58.1 Å². The molecule has 26 heavy (non-hydrogen) atoms. The van der Waals surface area contributed by atoms with E-state index in [1.807, 2.05) is 0 Å². The van der Waals surface area contributed by atoms with Crippen LogP contribution in [0, 0.1) is 0 Å². The zero-order valence-electron chi connectivity index (χ0n) is 12.9. The number of carbonyl (C=O) groups is 2. The molecule has 0 fully saturated rings. The molecule has 10 heteroatoms. The Bertz CT molecular complexity index is 913. The Balaban J connectivity index is 1.58. The molecule has 0 aliphatic heterocycles. The van der Waals surface area contributed by atoms with Gasteiger partial charge in [-0.25, -0.2) is 9.59 Å². The van der Waals surface area contributed by atoms with Crippen LogP contribution in [0.4, 0.5) is 16.2 Å². The molecular formula is C16H10Cl2N4O3S. The second-order valence-corrected chi connectivity index (χ2v) is 6.42. The maximum absolute atomic E-state index is 12.0. The number of urea groups is 1. The summed E-state index contributed by atoms with van der Waals surface area (Å²) < 4.78 is 8.75. The minimum Gasteiger partial charge on any atom is -0.422 e. The summed E-state index contributed by atoms with van der Waals surface area (Å²) in [7, 11) is 0. The lowest BCUT2D eigenvalue weighted by molar-refractivity contribution is 0.0728. The molecule has 132 valence electrons. The minimum absolute atomic E-state index is 0.136. The maximum atomic E-state index is 12.0. The smallest absolute Gasteiger partial charge is 0.365 e. The lowest BCUT2D eigenvalue weighted by atomic mass is 10.3. The van der Waals surface area contributed by atoms with Gasteiger partial charge in [0.05, 0.1) is 0 Å². The quantitative estimate of drug-likeness (QED) is 0.481. The van der Waals surface area contributed by atoms with Crippen LogP contribution in [0.1, 0.15) is 10.5 Å². The highest BCUT2D eigenvalue weighted by Gasteiger charge is 2.12. The van der Waals surface area contributed by atoms with Gasteiger partial charge >= 0.3 is 12.0 Å². The molecule has 1 aromatic heterocycles. The van der Waals surface area contributed by atoms with E-state index < -0.39 is 12.0 Å². The Kier molecular flexibility index (Phi) is 5.67. The van der Waals surface area contributed by atoms with Crippen LogP contribution in [0.15, 0.2) is 47.8 Å². The molecular weight excluding hydrogens is 399 g/mol. The number of amides is 2. The topological polar surface area (TPSA) is 93.2 Å². The molecule has 0 aliphatic carbocycles. The van der Waals surface area contributed by atoms with E-state index in [9.17, 15) is 9.59 Å². The van der Waals surface area contributed by atoms with Gasteiger partial charge in [-0.2, -0.15) is 0 Å². The van der Waals surface area contributed by atoms with E-state index in [1.54, 1.807) is 42.5 Å². The van der Waals surface area contributed by atoms with Crippen LogP contribution in [0.3, 0.4) is 0 Å². The molecule has 0 bridgehead atoms. The number of aromatic nitrogens is 2. The van der Waals surface area contributed by atoms with Crippen LogP contribution in [0.2, 0.25) is 10.0 Å². The summed E-state index contributed by atoms with van der Waals surface area (Å²) in [4.78, 5) is 23.8. The third kappa shape index (κ3) is 4.92. The average Bonchev–Trinajstić information content (AvgIpc) is 3.10. The Hall–Kier alpha value is -2.68. The van der Waals surface area contributed by atoms with Gasteiger partial charge in [0.2, 0.25) is 0 Å². The molecule has 7 nitrogen and oxygen atoms in total. The van der Waals surface area contributed by atoms with Crippen LogP contribution in [0.5, 0.6) is 5.75 Å². The molecule has 1 heterocycles. The average molecular weight is 409 g/mol. The van der Waals surface area contributed by atoms with Crippen LogP contribution >= 0.6 is 34.7 Å². The molecule has 2 N–H and O–H groups in total. The van der Waals surface area contributed by atoms with Crippen molar-refractivity contribution in [3.05, 3.63) is 63.6 Å². The van der Waals surface area contributed by atoms with E-state index in [1.165, 1.54) is 5.38 Å². The number of nitrogens with zero attached hydrogens (tertiary/aromatic N) is 2. The number of halogens is 2. The van der Waals surface area contributed by atoms with E-state index in [2.05, 4.69) is 20.2 Å². The van der Waals surface area contributed by atoms with Gasteiger partial charge in [0, 0.05) is 26.8 Å². The SMILES string of the molecule is O=C(Nc1ccc(OC(=O)c2csnn2)cc1)Nc1cc(Cl)cc(Cl)c1. The predicted molar refractivity (Wildman–Crippen MR) is 100 cm³/mol. The summed E-state index contributed by atoms with van der Waals surface area (Å²) in [6.07, 6.45) is 0. The molecule has 0 saturated carbocycles. The summed E-state index contributed by atoms with van der Waals surface area (Å²) in [5.74, 6) is -0.286. The number of nitrogens with one attached hydrogen (secondary N) is 2. The summed E-state index contributed by atoms with van der Waals surface area (Å²) in [6.45, 7) is 0. The van der Waals surface area contributed by atoms with E-state index in [0.717, 1.165) is 11.5 Å². The number of hydrogen-bond acceptors (Lipinski definition) is 6. The molecule has 2 aromatic carbocycles. The lowest BCUT2D eigenvalue weighted by Gasteiger charge is -2.09. The molecule has 0 spiro atoms. The molecule has 0 atom stereocenters. The fourth-order valence-electron chi connectivity index (χ4n) is 1.94. The van der Waals surface area contributed by atoms with Gasteiger partial charge in [0.15, 0.2) is 5.69 Å². The number of benzene rings is 2. The number of hydrogen-bond donors (Lipinski definition) is 2. The zero-order chi connectivity index (χ0) is 18.5. The van der Waals surface area contributed by atoms with Crippen molar-refractivity contribution in [3.8, 4) is 5.75 Å². The third-order valence-electron chi connectivity index (χ3n) is 3.01. The second-order valence-electron chi connectivity index (χ2n) is 4.94. The van der Waals surface area contributed by atoms with Gasteiger partial charge in [-0.3, -0.25) is 0 Å². The number of ether oxygens (including phenoxy) is 1. The monoisotopic (exact) mass is 408 g/mol. The van der Waals surface area contributed by atoms with Gasteiger partial charge in [-0.15, -0.1) is 5.10 Å². The Morgan fingerprint density at radius 2 is 1.62 bits per heavy atom. The Labute approximate surface area is 162 Å². The highest BCUT2D eigenvalue weighted by Crippen LogP contribution is 2.23. The van der Waals surface area contributed by atoms with E-state index in [0.29, 0.717) is 27.2 Å². The number of anilines is 2. The first-order valence-corrected chi connectivity index (χ1v) is 8.72. The number of carbonyl (C=O) groups excluding carboxylic acids is 2. The van der Waals surface area contributed by atoms with Crippen molar-refractivity contribution in [1.29, 1.82) is 0 Å². The van der Waals surface area contributed by atoms with E-state index >= 15 is 0 Å². The zero-order valence-corrected chi connectivity index (χ0v) is 15.2. The van der Waals surface area contributed by atoms with Gasteiger partial charge in [-0.1, -0.05) is 27.7 Å². The molecule has 0 radical (unpaired) electrons. The van der Waals surface area contributed by atoms with Gasteiger partial charge in [0.25, 0.3) is 0 Å². The number of rotatable bonds is 4. The van der Waals surface area contributed by atoms with Gasteiger partial charge < -0.3 is 15.4 Å².